The van der Waals surface area contributed by atoms with Gasteiger partial charge in [-0.2, -0.15) is 0 Å². The third-order valence-corrected chi connectivity index (χ3v) is 4.58. The summed E-state index contributed by atoms with van der Waals surface area (Å²) in [6.07, 6.45) is 3.79. The number of H-pyrrole nitrogens is 1. The summed E-state index contributed by atoms with van der Waals surface area (Å²) in [5, 5.41) is 2.72. The number of benzene rings is 1. The highest BCUT2D eigenvalue weighted by molar-refractivity contribution is 7.80. The van der Waals surface area contributed by atoms with E-state index in [1.165, 1.54) is 11.0 Å². The zero-order chi connectivity index (χ0) is 19.4. The van der Waals surface area contributed by atoms with Crippen molar-refractivity contribution in [1.82, 2.24) is 15.2 Å². The molecule has 0 radical (unpaired) electrons. The highest BCUT2D eigenvalue weighted by Crippen LogP contribution is 2.18. The molecule has 1 aromatic heterocycles. The number of allylic oxidation sites excluding steroid dienone is 2. The Morgan fingerprint density at radius 1 is 1.15 bits per heavy atom. The van der Waals surface area contributed by atoms with Crippen LogP contribution in [0.25, 0.3) is 11.6 Å². The van der Waals surface area contributed by atoms with E-state index in [2.05, 4.69) is 23.5 Å². The molecule has 1 aliphatic heterocycles. The summed E-state index contributed by atoms with van der Waals surface area (Å²) in [7, 11) is 0. The lowest BCUT2D eigenvalue weighted by Crippen LogP contribution is -2.54. The van der Waals surface area contributed by atoms with Gasteiger partial charge in [0.05, 0.1) is 0 Å². The Morgan fingerprint density at radius 3 is 2.59 bits per heavy atom. The van der Waals surface area contributed by atoms with Crippen molar-refractivity contribution < 1.29 is 9.59 Å². The first-order valence-electron chi connectivity index (χ1n) is 8.43. The molecule has 2 heterocycles. The second kappa shape index (κ2) is 7.97. The van der Waals surface area contributed by atoms with Gasteiger partial charge in [-0.3, -0.25) is 19.8 Å². The van der Waals surface area contributed by atoms with Crippen molar-refractivity contribution in [3.05, 3.63) is 84.2 Å². The van der Waals surface area contributed by atoms with Gasteiger partial charge in [-0.25, -0.2) is 0 Å². The van der Waals surface area contributed by atoms with Gasteiger partial charge in [0.25, 0.3) is 11.8 Å². The van der Waals surface area contributed by atoms with Crippen LogP contribution < -0.4 is 5.32 Å². The van der Waals surface area contributed by atoms with Crippen LogP contribution in [0.3, 0.4) is 0 Å². The first kappa shape index (κ1) is 18.5. The Kier molecular flexibility index (Phi) is 5.47. The van der Waals surface area contributed by atoms with Crippen LogP contribution in [-0.2, 0) is 16.0 Å². The number of carbonyl (C=O) groups excluding carboxylic acids is 2. The van der Waals surface area contributed by atoms with E-state index in [4.69, 9.17) is 12.2 Å². The fourth-order valence-corrected chi connectivity index (χ4v) is 3.00. The Labute approximate surface area is 163 Å². The highest BCUT2D eigenvalue weighted by atomic mass is 32.1. The summed E-state index contributed by atoms with van der Waals surface area (Å²) in [5.74, 6) is -0.905. The first-order valence-corrected chi connectivity index (χ1v) is 8.84. The number of aromatic amines is 1. The molecule has 0 spiro atoms. The Bertz CT molecular complexity index is 957. The third kappa shape index (κ3) is 4.12. The smallest absolute Gasteiger partial charge is 0.265 e. The fraction of sp³-hybridized carbons (Fsp3) is 0.0952. The number of amides is 2. The molecule has 5 nitrogen and oxygen atoms in total. The molecule has 0 unspecified atom stereocenters. The van der Waals surface area contributed by atoms with Crippen LogP contribution in [0.4, 0.5) is 0 Å². The lowest BCUT2D eigenvalue weighted by Gasteiger charge is -2.28. The number of hydrogen-bond acceptors (Lipinski definition) is 3. The van der Waals surface area contributed by atoms with Crippen molar-refractivity contribution >= 4 is 40.8 Å². The Morgan fingerprint density at radius 2 is 1.89 bits per heavy atom. The van der Waals surface area contributed by atoms with Crippen molar-refractivity contribution in [2.45, 2.75) is 6.42 Å². The molecule has 0 aliphatic carbocycles. The molecule has 1 aromatic carbocycles. The van der Waals surface area contributed by atoms with E-state index in [0.717, 1.165) is 16.8 Å². The Balaban J connectivity index is 1.80. The van der Waals surface area contributed by atoms with Crippen LogP contribution in [0.1, 0.15) is 17.0 Å². The highest BCUT2D eigenvalue weighted by Gasteiger charge is 2.33. The van der Waals surface area contributed by atoms with Gasteiger partial charge in [0, 0.05) is 17.9 Å². The van der Waals surface area contributed by atoms with Gasteiger partial charge in [0.1, 0.15) is 5.57 Å². The minimum absolute atomic E-state index is 0.0364. The molecule has 0 saturated carbocycles. The number of thiocarbonyl (C=S) groups is 1. The van der Waals surface area contributed by atoms with E-state index >= 15 is 0 Å². The van der Waals surface area contributed by atoms with E-state index in [-0.39, 0.29) is 10.7 Å². The largest absolute Gasteiger partial charge is 0.355 e. The Hall–Kier alpha value is -3.25. The number of nitrogens with one attached hydrogen (secondary N) is 2. The van der Waals surface area contributed by atoms with Crippen LogP contribution in [0.2, 0.25) is 0 Å². The second-order valence-corrected chi connectivity index (χ2v) is 6.45. The van der Waals surface area contributed by atoms with Crippen LogP contribution in [-0.4, -0.2) is 33.4 Å². The zero-order valence-corrected chi connectivity index (χ0v) is 15.5. The van der Waals surface area contributed by atoms with E-state index in [9.17, 15) is 9.59 Å². The number of rotatable bonds is 6. The molecule has 136 valence electrons. The summed E-state index contributed by atoms with van der Waals surface area (Å²) in [6.45, 7) is 7.93. The van der Waals surface area contributed by atoms with Gasteiger partial charge in [0.15, 0.2) is 5.11 Å². The monoisotopic (exact) mass is 377 g/mol. The maximum absolute atomic E-state index is 12.8. The minimum Gasteiger partial charge on any atom is -0.355 e. The van der Waals surface area contributed by atoms with Crippen molar-refractivity contribution in [1.29, 1.82) is 0 Å². The first-order chi connectivity index (χ1) is 13.0. The number of carbonyl (C=O) groups is 2. The third-order valence-electron chi connectivity index (χ3n) is 4.25. The predicted octanol–water partition coefficient (Wildman–Crippen LogP) is 3.08. The molecule has 3 rings (SSSR count). The number of aromatic nitrogens is 1. The number of hydrogen-bond donors (Lipinski definition) is 2. The average Bonchev–Trinajstić information content (AvgIpc) is 3.14. The number of nitrogens with zero attached hydrogens (tertiary/aromatic N) is 1. The molecule has 6 heteroatoms. The quantitative estimate of drug-likeness (QED) is 0.352. The van der Waals surface area contributed by atoms with Crippen LogP contribution in [0.15, 0.2) is 67.3 Å². The zero-order valence-electron chi connectivity index (χ0n) is 14.7. The normalized spacial score (nSPS) is 15.8. The molecule has 1 saturated heterocycles. The van der Waals surface area contributed by atoms with E-state index < -0.39 is 11.8 Å². The van der Waals surface area contributed by atoms with E-state index in [1.807, 2.05) is 36.4 Å². The van der Waals surface area contributed by atoms with Crippen LogP contribution in [0, 0.1) is 0 Å². The SMILES string of the molecule is C=CC(=C)c1ccc(/C=C2\C(=O)NC(=S)N(CCc3ccccc3)C2=O)[nH]1. The van der Waals surface area contributed by atoms with E-state index in [1.54, 1.807) is 12.1 Å². The molecule has 0 atom stereocenters. The topological polar surface area (TPSA) is 65.2 Å². The summed E-state index contributed by atoms with van der Waals surface area (Å²) >= 11 is 5.18. The molecule has 1 fully saturated rings. The summed E-state index contributed by atoms with van der Waals surface area (Å²) in [5.41, 5.74) is 3.26. The molecular weight excluding hydrogens is 358 g/mol. The van der Waals surface area contributed by atoms with Crippen molar-refractivity contribution in [2.75, 3.05) is 6.54 Å². The summed E-state index contributed by atoms with van der Waals surface area (Å²) < 4.78 is 0. The minimum atomic E-state index is -0.500. The lowest BCUT2D eigenvalue weighted by molar-refractivity contribution is -0.128. The maximum Gasteiger partial charge on any atom is 0.265 e. The van der Waals surface area contributed by atoms with Crippen LogP contribution >= 0.6 is 12.2 Å². The second-order valence-electron chi connectivity index (χ2n) is 6.07. The van der Waals surface area contributed by atoms with Crippen molar-refractivity contribution in [2.24, 2.45) is 0 Å². The predicted molar refractivity (Wildman–Crippen MR) is 111 cm³/mol. The fourth-order valence-electron chi connectivity index (χ4n) is 2.73. The molecule has 2 N–H and O–H groups in total. The van der Waals surface area contributed by atoms with Gasteiger partial charge in [-0.05, 0) is 48.0 Å². The summed E-state index contributed by atoms with van der Waals surface area (Å²) in [4.78, 5) is 29.6. The molecule has 27 heavy (non-hydrogen) atoms. The van der Waals surface area contributed by atoms with E-state index in [0.29, 0.717) is 18.7 Å². The van der Waals surface area contributed by atoms with Gasteiger partial charge in [-0.1, -0.05) is 49.6 Å². The molecule has 1 aliphatic rings. The van der Waals surface area contributed by atoms with Crippen molar-refractivity contribution in [3.8, 4) is 0 Å². The maximum atomic E-state index is 12.8. The molecular formula is C21H19N3O2S. The molecule has 2 aromatic rings. The molecule has 2 amide bonds. The van der Waals surface area contributed by atoms with Gasteiger partial charge in [-0.15, -0.1) is 0 Å². The van der Waals surface area contributed by atoms with Gasteiger partial charge in [0.2, 0.25) is 0 Å². The van der Waals surface area contributed by atoms with Gasteiger partial charge < -0.3 is 4.98 Å². The average molecular weight is 377 g/mol. The summed E-state index contributed by atoms with van der Waals surface area (Å²) in [6, 6.07) is 13.4. The van der Waals surface area contributed by atoms with Crippen LogP contribution in [0.5, 0.6) is 0 Å². The molecule has 0 bridgehead atoms. The standard InChI is InChI=1S/C21H19N3O2S/c1-3-14(2)18-10-9-16(22-18)13-17-19(25)23-21(27)24(20(17)26)12-11-15-7-5-4-6-8-15/h3-10,13,22H,1-2,11-12H2,(H,23,25,27)/b17-13+. The lowest BCUT2D eigenvalue weighted by atomic mass is 10.1. The van der Waals surface area contributed by atoms with Crippen molar-refractivity contribution in [3.63, 3.8) is 0 Å². The van der Waals surface area contributed by atoms with Gasteiger partial charge >= 0.3 is 0 Å².